The Hall–Kier alpha value is -0.0100. The second kappa shape index (κ2) is 2.74. The minimum Gasteiger partial charge on any atom is -0.308 e. The van der Waals surface area contributed by atoms with Crippen molar-refractivity contribution in [3.63, 3.8) is 0 Å². The van der Waals surface area contributed by atoms with E-state index >= 15 is 0 Å². The summed E-state index contributed by atoms with van der Waals surface area (Å²) in [6.45, 7) is 4.51. The fourth-order valence-electron chi connectivity index (χ4n) is 3.83. The highest BCUT2D eigenvalue weighted by Crippen LogP contribution is 2.65. The molecule has 3 fully saturated rings. The van der Waals surface area contributed by atoms with E-state index in [0.717, 1.165) is 41.3 Å². The van der Waals surface area contributed by atoms with Gasteiger partial charge in [-0.05, 0) is 42.9 Å². The topological polar surface area (TPSA) is 12.0 Å². The second-order valence-corrected chi connectivity index (χ2v) is 5.45. The molecule has 2 heteroatoms. The van der Waals surface area contributed by atoms with Crippen molar-refractivity contribution in [2.45, 2.75) is 25.3 Å². The lowest BCUT2D eigenvalue weighted by Crippen LogP contribution is -2.23. The maximum Gasteiger partial charge on any atom is 0.0310 e. The Kier molecular flexibility index (Phi) is 1.75. The first kappa shape index (κ1) is 8.31. The van der Waals surface area contributed by atoms with Gasteiger partial charge in [0.25, 0.3) is 0 Å². The molecule has 0 amide bonds. The molecule has 0 spiro atoms. The van der Waals surface area contributed by atoms with Crippen molar-refractivity contribution >= 4 is 11.6 Å². The van der Waals surface area contributed by atoms with Gasteiger partial charge in [0.15, 0.2) is 0 Å². The highest BCUT2D eigenvalue weighted by Gasteiger charge is 2.64. The van der Waals surface area contributed by atoms with Crippen LogP contribution in [-0.4, -0.2) is 12.6 Å². The molecule has 72 valence electrons. The van der Waals surface area contributed by atoms with Gasteiger partial charge >= 0.3 is 0 Å². The third kappa shape index (κ3) is 1.17. The fourth-order valence-corrected chi connectivity index (χ4v) is 3.90. The number of halogens is 1. The predicted molar refractivity (Wildman–Crippen MR) is 54.6 cm³/mol. The lowest BCUT2D eigenvalue weighted by Gasteiger charge is -2.09. The average molecular weight is 198 g/mol. The number of fused-ring (bicyclic) bond motifs is 5. The molecule has 3 rings (SSSR count). The molecule has 4 atom stereocenters. The predicted octanol–water partition coefficient (Wildman–Crippen LogP) is 2.37. The molecule has 0 radical (unpaired) electrons. The van der Waals surface area contributed by atoms with E-state index in [4.69, 9.17) is 11.6 Å². The smallest absolute Gasteiger partial charge is 0.0310 e. The van der Waals surface area contributed by atoms with Gasteiger partial charge in [-0.2, -0.15) is 0 Å². The van der Waals surface area contributed by atoms with Crippen LogP contribution >= 0.6 is 11.6 Å². The Morgan fingerprint density at radius 3 is 2.46 bits per heavy atom. The molecule has 0 saturated heterocycles. The van der Waals surface area contributed by atoms with Gasteiger partial charge < -0.3 is 5.32 Å². The molecular formula is C11H16ClN. The lowest BCUT2D eigenvalue weighted by atomic mass is 10.0. The van der Waals surface area contributed by atoms with Crippen LogP contribution in [-0.2, 0) is 0 Å². The average Bonchev–Trinajstić information content (AvgIpc) is 2.51. The first-order chi connectivity index (χ1) is 6.27. The molecule has 1 N–H and O–H groups in total. The first-order valence-electron chi connectivity index (χ1n) is 5.34. The van der Waals surface area contributed by atoms with Crippen LogP contribution in [0, 0.1) is 23.7 Å². The molecule has 3 aliphatic rings. The maximum atomic E-state index is 5.74. The standard InChI is InChI=1S/C11H16ClN/c1-6(12)5-13-11-9-7-2-3-8(4-7)10(9)11/h7-11,13H,1-5H2. The van der Waals surface area contributed by atoms with Crippen LogP contribution in [0.4, 0.5) is 0 Å². The molecule has 3 saturated carbocycles. The van der Waals surface area contributed by atoms with Crippen LogP contribution in [0.3, 0.4) is 0 Å². The SMILES string of the molecule is C=C(Cl)CNC1C2C3CCC(C3)C12. The van der Waals surface area contributed by atoms with Crippen molar-refractivity contribution in [2.75, 3.05) is 6.54 Å². The van der Waals surface area contributed by atoms with E-state index in [-0.39, 0.29) is 0 Å². The molecular weight excluding hydrogens is 182 g/mol. The van der Waals surface area contributed by atoms with E-state index in [1.807, 2.05) is 0 Å². The molecule has 0 aliphatic heterocycles. The molecule has 0 aromatic rings. The van der Waals surface area contributed by atoms with E-state index in [0.29, 0.717) is 0 Å². The van der Waals surface area contributed by atoms with E-state index in [1.54, 1.807) is 0 Å². The van der Waals surface area contributed by atoms with E-state index < -0.39 is 0 Å². The first-order valence-corrected chi connectivity index (χ1v) is 5.72. The highest BCUT2D eigenvalue weighted by atomic mass is 35.5. The molecule has 0 aromatic heterocycles. The van der Waals surface area contributed by atoms with Crippen molar-refractivity contribution in [3.05, 3.63) is 11.6 Å². The van der Waals surface area contributed by atoms with Crippen LogP contribution < -0.4 is 5.32 Å². The van der Waals surface area contributed by atoms with Crippen molar-refractivity contribution in [1.82, 2.24) is 5.32 Å². The summed E-state index contributed by atoms with van der Waals surface area (Å²) in [7, 11) is 0. The molecule has 3 aliphatic carbocycles. The summed E-state index contributed by atoms with van der Waals surface area (Å²) in [5.41, 5.74) is 0. The zero-order chi connectivity index (χ0) is 9.00. The van der Waals surface area contributed by atoms with Crippen LogP contribution in [0.15, 0.2) is 11.6 Å². The summed E-state index contributed by atoms with van der Waals surface area (Å²) in [6.07, 6.45) is 4.51. The van der Waals surface area contributed by atoms with Gasteiger partial charge in [-0.1, -0.05) is 18.2 Å². The Balaban J connectivity index is 1.58. The summed E-state index contributed by atoms with van der Waals surface area (Å²) >= 11 is 5.74. The highest BCUT2D eigenvalue weighted by molar-refractivity contribution is 6.29. The maximum absolute atomic E-state index is 5.74. The Bertz CT molecular complexity index is 234. The second-order valence-electron chi connectivity index (χ2n) is 4.91. The van der Waals surface area contributed by atoms with Crippen LogP contribution in [0.5, 0.6) is 0 Å². The zero-order valence-corrected chi connectivity index (χ0v) is 8.56. The molecule has 1 nitrogen and oxygen atoms in total. The van der Waals surface area contributed by atoms with Crippen molar-refractivity contribution in [2.24, 2.45) is 23.7 Å². The summed E-state index contributed by atoms with van der Waals surface area (Å²) < 4.78 is 0. The summed E-state index contributed by atoms with van der Waals surface area (Å²) in [5.74, 6) is 4.12. The summed E-state index contributed by atoms with van der Waals surface area (Å²) in [5, 5.41) is 4.27. The molecule has 4 unspecified atom stereocenters. The largest absolute Gasteiger partial charge is 0.308 e. The monoisotopic (exact) mass is 197 g/mol. The Morgan fingerprint density at radius 1 is 1.31 bits per heavy atom. The van der Waals surface area contributed by atoms with Gasteiger partial charge in [0, 0.05) is 17.6 Å². The summed E-state index contributed by atoms with van der Waals surface area (Å²) in [4.78, 5) is 0. The lowest BCUT2D eigenvalue weighted by molar-refractivity contribution is 0.456. The molecule has 0 heterocycles. The summed E-state index contributed by atoms with van der Waals surface area (Å²) in [6, 6.07) is 0.793. The van der Waals surface area contributed by atoms with Gasteiger partial charge in [0.2, 0.25) is 0 Å². The van der Waals surface area contributed by atoms with Gasteiger partial charge in [-0.15, -0.1) is 0 Å². The van der Waals surface area contributed by atoms with Crippen LogP contribution in [0.25, 0.3) is 0 Å². The number of nitrogens with one attached hydrogen (secondary N) is 1. The molecule has 0 aromatic carbocycles. The third-order valence-electron chi connectivity index (χ3n) is 4.26. The minimum atomic E-state index is 0.748. The number of rotatable bonds is 3. The normalized spacial score (nSPS) is 50.7. The number of hydrogen-bond donors (Lipinski definition) is 1. The third-order valence-corrected chi connectivity index (χ3v) is 4.40. The van der Waals surface area contributed by atoms with Gasteiger partial charge in [-0.3, -0.25) is 0 Å². The van der Waals surface area contributed by atoms with Crippen LogP contribution in [0.1, 0.15) is 19.3 Å². The van der Waals surface area contributed by atoms with Crippen molar-refractivity contribution in [3.8, 4) is 0 Å². The zero-order valence-electron chi connectivity index (χ0n) is 7.80. The van der Waals surface area contributed by atoms with E-state index in [1.165, 1.54) is 19.3 Å². The molecule has 13 heavy (non-hydrogen) atoms. The van der Waals surface area contributed by atoms with E-state index in [2.05, 4.69) is 11.9 Å². The molecule has 2 bridgehead atoms. The quantitative estimate of drug-likeness (QED) is 0.733. The van der Waals surface area contributed by atoms with Crippen molar-refractivity contribution < 1.29 is 0 Å². The fraction of sp³-hybridized carbons (Fsp3) is 0.818. The van der Waals surface area contributed by atoms with E-state index in [9.17, 15) is 0 Å². The Labute approximate surface area is 84.5 Å². The Morgan fingerprint density at radius 2 is 1.92 bits per heavy atom. The van der Waals surface area contributed by atoms with Gasteiger partial charge in [-0.25, -0.2) is 0 Å². The van der Waals surface area contributed by atoms with Gasteiger partial charge in [0.1, 0.15) is 0 Å². The van der Waals surface area contributed by atoms with Crippen molar-refractivity contribution in [1.29, 1.82) is 0 Å². The minimum absolute atomic E-state index is 0.748. The van der Waals surface area contributed by atoms with Crippen LogP contribution in [0.2, 0.25) is 0 Å². The van der Waals surface area contributed by atoms with Gasteiger partial charge in [0.05, 0.1) is 0 Å². The number of hydrogen-bond acceptors (Lipinski definition) is 1.